The van der Waals surface area contributed by atoms with Gasteiger partial charge >= 0.3 is 5.69 Å². The van der Waals surface area contributed by atoms with Crippen LogP contribution in [0.1, 0.15) is 51.9 Å². The summed E-state index contributed by atoms with van der Waals surface area (Å²) in [5, 5.41) is 3.05. The molecule has 5 nitrogen and oxygen atoms in total. The van der Waals surface area contributed by atoms with Crippen molar-refractivity contribution in [1.82, 2.24) is 9.13 Å². The zero-order chi connectivity index (χ0) is 18.0. The lowest BCUT2D eigenvalue weighted by molar-refractivity contribution is -0.121. The Morgan fingerprint density at radius 2 is 1.80 bits per heavy atom. The standard InChI is InChI=1S/C20H29N3O2/c1-4-5-6-14-7-9-15(10-8-14)19(24)21-16-11-12-17-18(13-16)23(3)20(25)22(17)2/h11-15H,4-10H2,1-3H3,(H,21,24). The van der Waals surface area contributed by atoms with Crippen LogP contribution < -0.4 is 11.0 Å². The molecule has 2 aromatic rings. The highest BCUT2D eigenvalue weighted by Gasteiger charge is 2.26. The third-order valence-electron chi connectivity index (χ3n) is 5.72. The van der Waals surface area contributed by atoms with E-state index < -0.39 is 0 Å². The summed E-state index contributed by atoms with van der Waals surface area (Å²) < 4.78 is 3.24. The molecule has 0 aliphatic heterocycles. The van der Waals surface area contributed by atoms with E-state index in [9.17, 15) is 9.59 Å². The fraction of sp³-hybridized carbons (Fsp3) is 0.600. The summed E-state index contributed by atoms with van der Waals surface area (Å²) in [7, 11) is 3.52. The molecule has 0 radical (unpaired) electrons. The van der Waals surface area contributed by atoms with Gasteiger partial charge in [-0.15, -0.1) is 0 Å². The van der Waals surface area contributed by atoms with Gasteiger partial charge in [0.1, 0.15) is 0 Å². The molecule has 1 aliphatic rings. The Morgan fingerprint density at radius 1 is 1.12 bits per heavy atom. The molecule has 1 amide bonds. The van der Waals surface area contributed by atoms with Crippen molar-refractivity contribution in [3.8, 4) is 0 Å². The van der Waals surface area contributed by atoms with Gasteiger partial charge in [-0.25, -0.2) is 4.79 Å². The molecule has 136 valence electrons. The lowest BCUT2D eigenvalue weighted by Gasteiger charge is -2.27. The molecule has 3 rings (SSSR count). The molecule has 0 bridgehead atoms. The Balaban J connectivity index is 1.65. The summed E-state index contributed by atoms with van der Waals surface area (Å²) in [4.78, 5) is 24.6. The maximum absolute atomic E-state index is 12.6. The summed E-state index contributed by atoms with van der Waals surface area (Å²) in [6.45, 7) is 2.23. The average molecular weight is 343 g/mol. The number of fused-ring (bicyclic) bond motifs is 1. The van der Waals surface area contributed by atoms with Gasteiger partial charge in [-0.2, -0.15) is 0 Å². The van der Waals surface area contributed by atoms with E-state index in [1.807, 2.05) is 18.2 Å². The number of carbonyl (C=O) groups is 1. The van der Waals surface area contributed by atoms with Crippen molar-refractivity contribution in [1.29, 1.82) is 0 Å². The average Bonchev–Trinajstić information content (AvgIpc) is 2.84. The molecule has 0 spiro atoms. The summed E-state index contributed by atoms with van der Waals surface area (Å²) in [5.74, 6) is 1.04. The number of amides is 1. The number of anilines is 1. The number of imidazole rings is 1. The first-order valence-electron chi connectivity index (χ1n) is 9.47. The van der Waals surface area contributed by atoms with E-state index in [1.165, 1.54) is 32.1 Å². The van der Waals surface area contributed by atoms with Crippen molar-refractivity contribution in [2.24, 2.45) is 25.9 Å². The molecule has 1 fully saturated rings. The molecule has 1 aromatic carbocycles. The maximum Gasteiger partial charge on any atom is 0.328 e. The number of aromatic nitrogens is 2. The minimum atomic E-state index is -0.0520. The van der Waals surface area contributed by atoms with Gasteiger partial charge in [-0.1, -0.05) is 26.2 Å². The predicted octanol–water partition coefficient (Wildman–Crippen LogP) is 3.81. The first-order valence-corrected chi connectivity index (χ1v) is 9.47. The number of nitrogens with zero attached hydrogens (tertiary/aromatic N) is 2. The summed E-state index contributed by atoms with van der Waals surface area (Å²) in [6, 6.07) is 5.67. The molecule has 0 atom stereocenters. The number of benzene rings is 1. The van der Waals surface area contributed by atoms with E-state index in [1.54, 1.807) is 23.2 Å². The zero-order valence-corrected chi connectivity index (χ0v) is 15.5. The molecular weight excluding hydrogens is 314 g/mol. The SMILES string of the molecule is CCCCC1CCC(C(=O)Nc2ccc3c(c2)n(C)c(=O)n3C)CC1. The van der Waals surface area contributed by atoms with Gasteiger partial charge in [0.25, 0.3) is 0 Å². The fourth-order valence-electron chi connectivity index (χ4n) is 4.03. The first kappa shape index (κ1) is 17.8. The normalized spacial score (nSPS) is 20.8. The van der Waals surface area contributed by atoms with Crippen LogP contribution in [-0.2, 0) is 18.9 Å². The summed E-state index contributed by atoms with van der Waals surface area (Å²) >= 11 is 0. The Hall–Kier alpha value is -2.04. The zero-order valence-electron chi connectivity index (χ0n) is 15.5. The van der Waals surface area contributed by atoms with Crippen molar-refractivity contribution in [2.75, 3.05) is 5.32 Å². The minimum absolute atomic E-state index is 0.0520. The van der Waals surface area contributed by atoms with E-state index in [-0.39, 0.29) is 17.5 Å². The highest BCUT2D eigenvalue weighted by atomic mass is 16.2. The summed E-state index contributed by atoms with van der Waals surface area (Å²) in [5.41, 5.74) is 2.44. The Bertz CT molecular complexity index is 810. The lowest BCUT2D eigenvalue weighted by Crippen LogP contribution is -2.27. The van der Waals surface area contributed by atoms with Gasteiger partial charge in [0.05, 0.1) is 11.0 Å². The maximum atomic E-state index is 12.6. The monoisotopic (exact) mass is 343 g/mol. The van der Waals surface area contributed by atoms with Crippen LogP contribution in [0.15, 0.2) is 23.0 Å². The Kier molecular flexibility index (Phi) is 5.30. The van der Waals surface area contributed by atoms with E-state index in [4.69, 9.17) is 0 Å². The van der Waals surface area contributed by atoms with E-state index >= 15 is 0 Å². The van der Waals surface area contributed by atoms with Crippen molar-refractivity contribution >= 4 is 22.6 Å². The number of hydrogen-bond donors (Lipinski definition) is 1. The second-order valence-electron chi connectivity index (χ2n) is 7.45. The topological polar surface area (TPSA) is 56.0 Å². The molecule has 0 saturated heterocycles. The van der Waals surface area contributed by atoms with Crippen LogP contribution in [0.3, 0.4) is 0 Å². The van der Waals surface area contributed by atoms with Crippen LogP contribution >= 0.6 is 0 Å². The lowest BCUT2D eigenvalue weighted by atomic mass is 9.79. The smallest absolute Gasteiger partial charge is 0.326 e. The van der Waals surface area contributed by atoms with Crippen LogP contribution in [0.25, 0.3) is 11.0 Å². The van der Waals surface area contributed by atoms with Crippen LogP contribution in [-0.4, -0.2) is 15.0 Å². The highest BCUT2D eigenvalue weighted by molar-refractivity contribution is 5.94. The molecule has 1 aliphatic carbocycles. The fourth-order valence-corrected chi connectivity index (χ4v) is 4.03. The van der Waals surface area contributed by atoms with Crippen LogP contribution in [0.4, 0.5) is 5.69 Å². The number of hydrogen-bond acceptors (Lipinski definition) is 2. The largest absolute Gasteiger partial charge is 0.328 e. The molecule has 1 aromatic heterocycles. The van der Waals surface area contributed by atoms with Crippen LogP contribution in [0.2, 0.25) is 0 Å². The molecule has 1 N–H and O–H groups in total. The van der Waals surface area contributed by atoms with E-state index in [0.717, 1.165) is 35.5 Å². The van der Waals surface area contributed by atoms with Gasteiger partial charge in [0.15, 0.2) is 0 Å². The molecular formula is C20H29N3O2. The molecule has 1 saturated carbocycles. The van der Waals surface area contributed by atoms with E-state index in [0.29, 0.717) is 0 Å². The first-order chi connectivity index (χ1) is 12.0. The van der Waals surface area contributed by atoms with Gasteiger partial charge in [0, 0.05) is 25.7 Å². The minimum Gasteiger partial charge on any atom is -0.326 e. The number of nitrogens with one attached hydrogen (secondary N) is 1. The second-order valence-corrected chi connectivity index (χ2v) is 7.45. The molecule has 25 heavy (non-hydrogen) atoms. The quantitative estimate of drug-likeness (QED) is 0.897. The Morgan fingerprint density at radius 3 is 2.48 bits per heavy atom. The van der Waals surface area contributed by atoms with Gasteiger partial charge in [-0.05, 0) is 49.8 Å². The highest BCUT2D eigenvalue weighted by Crippen LogP contribution is 2.32. The number of carbonyl (C=O) groups excluding carboxylic acids is 1. The predicted molar refractivity (Wildman–Crippen MR) is 102 cm³/mol. The third kappa shape index (κ3) is 3.65. The van der Waals surface area contributed by atoms with Gasteiger partial charge in [-0.3, -0.25) is 13.9 Å². The van der Waals surface area contributed by atoms with Gasteiger partial charge < -0.3 is 5.32 Å². The third-order valence-corrected chi connectivity index (χ3v) is 5.72. The molecule has 1 heterocycles. The number of aryl methyl sites for hydroxylation is 2. The number of unbranched alkanes of at least 4 members (excludes halogenated alkanes) is 1. The van der Waals surface area contributed by atoms with Crippen molar-refractivity contribution < 1.29 is 4.79 Å². The van der Waals surface area contributed by atoms with Crippen molar-refractivity contribution in [2.45, 2.75) is 51.9 Å². The van der Waals surface area contributed by atoms with Crippen molar-refractivity contribution in [3.05, 3.63) is 28.7 Å². The molecule has 0 unspecified atom stereocenters. The Labute approximate surface area is 149 Å². The van der Waals surface area contributed by atoms with E-state index in [2.05, 4.69) is 12.2 Å². The van der Waals surface area contributed by atoms with Crippen LogP contribution in [0, 0.1) is 11.8 Å². The number of rotatable bonds is 5. The van der Waals surface area contributed by atoms with Crippen molar-refractivity contribution in [3.63, 3.8) is 0 Å². The second kappa shape index (κ2) is 7.46. The molecule has 5 heteroatoms. The summed E-state index contributed by atoms with van der Waals surface area (Å²) in [6.07, 6.45) is 8.19. The van der Waals surface area contributed by atoms with Crippen LogP contribution in [0.5, 0.6) is 0 Å². The van der Waals surface area contributed by atoms with Gasteiger partial charge in [0.2, 0.25) is 5.91 Å².